The van der Waals surface area contributed by atoms with Gasteiger partial charge in [-0.25, -0.2) is 4.39 Å². The van der Waals surface area contributed by atoms with E-state index < -0.39 is 23.1 Å². The van der Waals surface area contributed by atoms with Gasteiger partial charge in [-0.1, -0.05) is 57.2 Å². The first-order valence-electron chi connectivity index (χ1n) is 12.8. The van der Waals surface area contributed by atoms with Crippen molar-refractivity contribution in [3.63, 3.8) is 0 Å². The Labute approximate surface area is 220 Å². The fraction of sp³-hybridized carbons (Fsp3) is 0.517. The van der Waals surface area contributed by atoms with E-state index in [9.17, 15) is 27.2 Å². The monoisotopic (exact) mass is 534 g/mol. The van der Waals surface area contributed by atoms with Gasteiger partial charge in [0.2, 0.25) is 5.91 Å². The molecule has 2 aromatic rings. The second-order valence-corrected chi connectivity index (χ2v) is 11.4. The van der Waals surface area contributed by atoms with E-state index in [1.54, 1.807) is 24.3 Å². The quantitative estimate of drug-likeness (QED) is 0.532. The van der Waals surface area contributed by atoms with Crippen LogP contribution in [0.1, 0.15) is 62.6 Å². The summed E-state index contributed by atoms with van der Waals surface area (Å²) in [4.78, 5) is 27.2. The smallest absolute Gasteiger partial charge is 0.356 e. The number of amides is 2. The summed E-state index contributed by atoms with van der Waals surface area (Å²) in [5, 5.41) is 2.86. The fourth-order valence-electron chi connectivity index (χ4n) is 5.94. The third kappa shape index (κ3) is 4.93. The molecule has 1 spiro atoms. The van der Waals surface area contributed by atoms with Crippen molar-refractivity contribution in [3.05, 3.63) is 71.0 Å². The Kier molecular flexibility index (Phi) is 7.38. The van der Waals surface area contributed by atoms with Gasteiger partial charge in [-0.3, -0.25) is 9.59 Å². The summed E-state index contributed by atoms with van der Waals surface area (Å²) in [7, 11) is 0.907. The highest BCUT2D eigenvalue weighted by molar-refractivity contribution is 5.88. The van der Waals surface area contributed by atoms with Crippen molar-refractivity contribution < 1.29 is 31.9 Å². The molecule has 0 radical (unpaired) electrons. The number of hydrogen-bond donors (Lipinski definition) is 1. The van der Waals surface area contributed by atoms with Crippen LogP contribution in [0.15, 0.2) is 48.5 Å². The number of ether oxygens (including phenoxy) is 1. The molecule has 5 nitrogen and oxygen atoms in total. The number of rotatable bonds is 4. The SMILES string of the molecule is CO[C@](C(=O)N1CCC2(CC1)CC(=O)NC[C@H]2c1ccc(F)cc1)(c1ccc(C(C)(C)C)cc1)C(F)(F)F. The molecular formula is C29H34F4N2O3. The Hall–Kier alpha value is -2.94. The highest BCUT2D eigenvalue weighted by Crippen LogP contribution is 2.50. The number of nitrogens with zero attached hydrogens (tertiary/aromatic N) is 1. The molecule has 38 heavy (non-hydrogen) atoms. The summed E-state index contributed by atoms with van der Waals surface area (Å²) < 4.78 is 62.6. The molecule has 0 bridgehead atoms. The number of alkyl halides is 3. The van der Waals surface area contributed by atoms with Crippen LogP contribution < -0.4 is 5.32 Å². The van der Waals surface area contributed by atoms with E-state index in [1.165, 1.54) is 29.2 Å². The Morgan fingerprint density at radius 3 is 2.03 bits per heavy atom. The molecule has 0 aromatic heterocycles. The van der Waals surface area contributed by atoms with Gasteiger partial charge in [0.25, 0.3) is 11.5 Å². The van der Waals surface area contributed by atoms with Gasteiger partial charge in [0.15, 0.2) is 0 Å². The average molecular weight is 535 g/mol. The summed E-state index contributed by atoms with van der Waals surface area (Å²) >= 11 is 0. The predicted molar refractivity (Wildman–Crippen MR) is 135 cm³/mol. The van der Waals surface area contributed by atoms with E-state index in [1.807, 2.05) is 20.8 Å². The lowest BCUT2D eigenvalue weighted by molar-refractivity contribution is -0.271. The van der Waals surface area contributed by atoms with Crippen molar-refractivity contribution in [1.29, 1.82) is 0 Å². The fourth-order valence-corrected chi connectivity index (χ4v) is 5.94. The van der Waals surface area contributed by atoms with Crippen LogP contribution in [0.3, 0.4) is 0 Å². The maximum atomic E-state index is 14.7. The van der Waals surface area contributed by atoms with Crippen LogP contribution in [0.2, 0.25) is 0 Å². The number of carbonyl (C=O) groups is 2. The number of nitrogens with one attached hydrogen (secondary N) is 1. The Morgan fingerprint density at radius 1 is 0.974 bits per heavy atom. The lowest BCUT2D eigenvalue weighted by atomic mass is 9.62. The molecule has 2 heterocycles. The Balaban J connectivity index is 1.63. The Morgan fingerprint density at radius 2 is 1.53 bits per heavy atom. The molecular weight excluding hydrogens is 500 g/mol. The molecule has 2 atom stereocenters. The van der Waals surface area contributed by atoms with E-state index in [2.05, 4.69) is 5.32 Å². The number of methoxy groups -OCH3 is 1. The molecule has 2 aliphatic heterocycles. The number of piperidine rings is 2. The first-order valence-corrected chi connectivity index (χ1v) is 12.8. The van der Waals surface area contributed by atoms with Crippen LogP contribution >= 0.6 is 0 Å². The molecule has 1 N–H and O–H groups in total. The molecule has 2 amide bonds. The third-order valence-electron chi connectivity index (χ3n) is 8.24. The number of halogens is 4. The first kappa shape index (κ1) is 28.1. The lowest BCUT2D eigenvalue weighted by Crippen LogP contribution is -2.60. The zero-order chi connectivity index (χ0) is 27.9. The van der Waals surface area contributed by atoms with Crippen LogP contribution in [0.4, 0.5) is 17.6 Å². The summed E-state index contributed by atoms with van der Waals surface area (Å²) in [6, 6.07) is 11.9. The minimum Gasteiger partial charge on any atom is -0.356 e. The predicted octanol–water partition coefficient (Wildman–Crippen LogP) is 5.44. The highest BCUT2D eigenvalue weighted by atomic mass is 19.4. The molecule has 2 saturated heterocycles. The molecule has 4 rings (SSSR count). The van der Waals surface area contributed by atoms with Crippen LogP contribution in [0.25, 0.3) is 0 Å². The third-order valence-corrected chi connectivity index (χ3v) is 8.24. The first-order chi connectivity index (χ1) is 17.7. The van der Waals surface area contributed by atoms with Gasteiger partial charge in [0.1, 0.15) is 5.82 Å². The van der Waals surface area contributed by atoms with E-state index in [0.717, 1.165) is 18.2 Å². The molecule has 2 fully saturated rings. The van der Waals surface area contributed by atoms with Gasteiger partial charge in [-0.2, -0.15) is 13.2 Å². The number of carbonyl (C=O) groups excluding carboxylic acids is 2. The van der Waals surface area contributed by atoms with Crippen LogP contribution in [0, 0.1) is 11.2 Å². The van der Waals surface area contributed by atoms with Crippen molar-refractivity contribution >= 4 is 11.8 Å². The molecule has 0 aliphatic carbocycles. The number of benzene rings is 2. The van der Waals surface area contributed by atoms with Crippen molar-refractivity contribution in [3.8, 4) is 0 Å². The second kappa shape index (κ2) is 9.98. The zero-order valence-corrected chi connectivity index (χ0v) is 22.1. The Bertz CT molecular complexity index is 1160. The molecule has 2 aromatic carbocycles. The van der Waals surface area contributed by atoms with Gasteiger partial charge in [-0.15, -0.1) is 0 Å². The molecule has 0 unspecified atom stereocenters. The van der Waals surface area contributed by atoms with Crippen LogP contribution in [-0.2, 0) is 25.3 Å². The van der Waals surface area contributed by atoms with Gasteiger partial charge >= 0.3 is 6.18 Å². The minimum absolute atomic E-state index is 0.0467. The zero-order valence-electron chi connectivity index (χ0n) is 22.1. The maximum Gasteiger partial charge on any atom is 0.430 e. The van der Waals surface area contributed by atoms with E-state index in [4.69, 9.17) is 4.74 Å². The molecule has 206 valence electrons. The molecule has 0 saturated carbocycles. The van der Waals surface area contributed by atoms with Crippen LogP contribution in [0.5, 0.6) is 0 Å². The van der Waals surface area contributed by atoms with Gasteiger partial charge < -0.3 is 15.0 Å². The van der Waals surface area contributed by atoms with Gasteiger partial charge in [0.05, 0.1) is 0 Å². The van der Waals surface area contributed by atoms with Crippen molar-refractivity contribution in [2.24, 2.45) is 5.41 Å². The summed E-state index contributed by atoms with van der Waals surface area (Å²) in [6.45, 7) is 6.30. The summed E-state index contributed by atoms with van der Waals surface area (Å²) in [6.07, 6.45) is -4.12. The average Bonchev–Trinajstić information content (AvgIpc) is 2.85. The van der Waals surface area contributed by atoms with Crippen LogP contribution in [-0.4, -0.2) is 49.6 Å². The summed E-state index contributed by atoms with van der Waals surface area (Å²) in [5.41, 5.74) is -2.54. The highest BCUT2D eigenvalue weighted by Gasteiger charge is 2.64. The second-order valence-electron chi connectivity index (χ2n) is 11.4. The van der Waals surface area contributed by atoms with E-state index in [0.29, 0.717) is 19.4 Å². The van der Waals surface area contributed by atoms with E-state index in [-0.39, 0.29) is 48.1 Å². The normalized spacial score (nSPS) is 21.6. The number of hydrogen-bond acceptors (Lipinski definition) is 3. The molecule has 9 heteroatoms. The number of likely N-dealkylation sites (tertiary alicyclic amines) is 1. The van der Waals surface area contributed by atoms with Gasteiger partial charge in [0, 0.05) is 44.6 Å². The molecule has 2 aliphatic rings. The van der Waals surface area contributed by atoms with E-state index >= 15 is 0 Å². The maximum absolute atomic E-state index is 14.7. The van der Waals surface area contributed by atoms with Crippen molar-refractivity contribution in [2.45, 2.75) is 63.1 Å². The lowest BCUT2D eigenvalue weighted by Gasteiger charge is -2.50. The van der Waals surface area contributed by atoms with Gasteiger partial charge in [-0.05, 0) is 46.9 Å². The standard InChI is InChI=1S/C29H34F4N2O3/c1-26(2,3)20-7-9-21(10-8-20)28(38-4,29(31,32)33)25(37)35-15-13-27(14-16-35)17-24(36)34-18-23(27)19-5-11-22(30)12-6-19/h5-12,23H,13-18H2,1-4H3,(H,34,36)/t23-,28-/m0/s1. The van der Waals surface area contributed by atoms with Crippen molar-refractivity contribution in [1.82, 2.24) is 10.2 Å². The topological polar surface area (TPSA) is 58.6 Å². The largest absolute Gasteiger partial charge is 0.430 e. The van der Waals surface area contributed by atoms with Crippen molar-refractivity contribution in [2.75, 3.05) is 26.7 Å². The minimum atomic E-state index is -5.00. The summed E-state index contributed by atoms with van der Waals surface area (Å²) in [5.74, 6) is -1.81.